The molecule has 0 saturated carbocycles. The summed E-state index contributed by atoms with van der Waals surface area (Å²) in [4.78, 5) is 21.0. The third-order valence-electron chi connectivity index (χ3n) is 1.42. The first kappa shape index (κ1) is 14.6. The van der Waals surface area contributed by atoms with Gasteiger partial charge in [0.1, 0.15) is 0 Å². The molecule has 1 unspecified atom stereocenters. The van der Waals surface area contributed by atoms with Crippen LogP contribution in [0.25, 0.3) is 0 Å². The Kier molecular flexibility index (Phi) is 5.71. The molecular weight excluding hydrogens is 244 g/mol. The van der Waals surface area contributed by atoms with Crippen molar-refractivity contribution in [2.75, 3.05) is 20.8 Å². The molecule has 1 atom stereocenters. The minimum atomic E-state index is -4.15. The zero-order valence-corrected chi connectivity index (χ0v) is 9.41. The predicted molar refractivity (Wildman–Crippen MR) is 50.9 cm³/mol. The van der Waals surface area contributed by atoms with Gasteiger partial charge in [0.2, 0.25) is 0 Å². The summed E-state index contributed by atoms with van der Waals surface area (Å²) in [5.41, 5.74) is 0. The molecule has 0 aromatic heterocycles. The predicted octanol–water partition coefficient (Wildman–Crippen LogP) is -1.72. The Morgan fingerprint density at radius 2 is 1.94 bits per heavy atom. The molecule has 0 spiro atoms. The smallest absolute Gasteiger partial charge is 0.421 e. The topological polar surface area (TPSA) is 131 Å². The van der Waals surface area contributed by atoms with E-state index in [1.165, 1.54) is 4.72 Å². The van der Waals surface area contributed by atoms with E-state index in [0.717, 1.165) is 14.2 Å². The van der Waals surface area contributed by atoms with Crippen LogP contribution in [0.3, 0.4) is 0 Å². The Balaban J connectivity index is 4.28. The SMILES string of the molecule is COC(=O)NS(=O)(=O)NCC(OC)C(=O)O. The number of methoxy groups -OCH3 is 2. The lowest BCUT2D eigenvalue weighted by Crippen LogP contribution is -2.45. The van der Waals surface area contributed by atoms with Crippen molar-refractivity contribution in [2.24, 2.45) is 0 Å². The van der Waals surface area contributed by atoms with Gasteiger partial charge in [-0.3, -0.25) is 0 Å². The third kappa shape index (κ3) is 5.48. The Labute approximate surface area is 91.9 Å². The Bertz CT molecular complexity index is 352. The Hall–Kier alpha value is -1.39. The van der Waals surface area contributed by atoms with E-state index in [1.54, 1.807) is 0 Å². The second kappa shape index (κ2) is 6.25. The van der Waals surface area contributed by atoms with Gasteiger partial charge in [0.25, 0.3) is 0 Å². The molecule has 0 aliphatic carbocycles. The summed E-state index contributed by atoms with van der Waals surface area (Å²) in [5.74, 6) is -1.33. The van der Waals surface area contributed by atoms with Crippen LogP contribution in [0.5, 0.6) is 0 Å². The quantitative estimate of drug-likeness (QED) is 0.515. The first-order valence-electron chi connectivity index (χ1n) is 3.93. The molecule has 1 amide bonds. The number of rotatable bonds is 6. The van der Waals surface area contributed by atoms with E-state index >= 15 is 0 Å². The van der Waals surface area contributed by atoms with Gasteiger partial charge >= 0.3 is 22.3 Å². The molecule has 16 heavy (non-hydrogen) atoms. The second-order valence-corrected chi connectivity index (χ2v) is 4.01. The van der Waals surface area contributed by atoms with Gasteiger partial charge in [0.15, 0.2) is 6.10 Å². The summed E-state index contributed by atoms with van der Waals surface area (Å²) in [5, 5.41) is 8.53. The van der Waals surface area contributed by atoms with Crippen molar-refractivity contribution in [1.29, 1.82) is 0 Å². The number of carbonyl (C=O) groups excluding carboxylic acids is 1. The van der Waals surface area contributed by atoms with Gasteiger partial charge in [-0.15, -0.1) is 0 Å². The van der Waals surface area contributed by atoms with E-state index in [9.17, 15) is 18.0 Å². The van der Waals surface area contributed by atoms with E-state index in [1.807, 2.05) is 4.72 Å². The van der Waals surface area contributed by atoms with Crippen molar-refractivity contribution in [3.8, 4) is 0 Å². The van der Waals surface area contributed by atoms with Crippen LogP contribution in [0.2, 0.25) is 0 Å². The van der Waals surface area contributed by atoms with Gasteiger partial charge in [0, 0.05) is 13.7 Å². The molecule has 94 valence electrons. The number of ether oxygens (including phenoxy) is 2. The van der Waals surface area contributed by atoms with E-state index in [2.05, 4.69) is 9.47 Å². The summed E-state index contributed by atoms with van der Waals surface area (Å²) in [6.07, 6.45) is -2.52. The molecule has 0 aliphatic heterocycles. The molecular formula is C6H12N2O7S. The van der Waals surface area contributed by atoms with Crippen molar-refractivity contribution in [1.82, 2.24) is 9.44 Å². The van der Waals surface area contributed by atoms with Crippen molar-refractivity contribution in [3.63, 3.8) is 0 Å². The number of aliphatic carboxylic acids is 1. The summed E-state index contributed by atoms with van der Waals surface area (Å²) < 4.78 is 33.9. The fourth-order valence-electron chi connectivity index (χ4n) is 0.644. The van der Waals surface area contributed by atoms with Gasteiger partial charge < -0.3 is 14.6 Å². The Morgan fingerprint density at radius 1 is 1.38 bits per heavy atom. The van der Waals surface area contributed by atoms with Crippen LogP contribution >= 0.6 is 0 Å². The highest BCUT2D eigenvalue weighted by atomic mass is 32.2. The van der Waals surface area contributed by atoms with Crippen LogP contribution in [-0.4, -0.2) is 52.5 Å². The summed E-state index contributed by atoms with van der Waals surface area (Å²) in [6, 6.07) is 0. The molecule has 0 bridgehead atoms. The molecule has 0 aromatic carbocycles. The van der Waals surface area contributed by atoms with Gasteiger partial charge in [-0.1, -0.05) is 0 Å². The molecule has 0 fully saturated rings. The van der Waals surface area contributed by atoms with Crippen molar-refractivity contribution < 1.29 is 32.6 Å². The van der Waals surface area contributed by atoms with Gasteiger partial charge in [0.05, 0.1) is 7.11 Å². The largest absolute Gasteiger partial charge is 0.479 e. The number of hydrogen-bond acceptors (Lipinski definition) is 6. The van der Waals surface area contributed by atoms with Gasteiger partial charge in [-0.05, 0) is 0 Å². The third-order valence-corrected chi connectivity index (χ3v) is 2.40. The van der Waals surface area contributed by atoms with Crippen LogP contribution in [0.15, 0.2) is 0 Å². The minimum Gasteiger partial charge on any atom is -0.479 e. The summed E-state index contributed by atoms with van der Waals surface area (Å²) in [7, 11) is -2.05. The molecule has 10 heteroatoms. The zero-order valence-electron chi connectivity index (χ0n) is 8.59. The normalized spacial score (nSPS) is 12.9. The molecule has 0 rings (SSSR count). The van der Waals surface area contributed by atoms with Gasteiger partial charge in [-0.25, -0.2) is 14.3 Å². The maximum Gasteiger partial charge on any atom is 0.421 e. The lowest BCUT2D eigenvalue weighted by Gasteiger charge is -2.11. The molecule has 0 saturated heterocycles. The molecule has 0 radical (unpaired) electrons. The highest BCUT2D eigenvalue weighted by Crippen LogP contribution is 1.89. The first-order valence-corrected chi connectivity index (χ1v) is 5.41. The fraction of sp³-hybridized carbons (Fsp3) is 0.667. The average Bonchev–Trinajstić information content (AvgIpc) is 2.17. The highest BCUT2D eigenvalue weighted by molar-refractivity contribution is 7.88. The zero-order chi connectivity index (χ0) is 12.8. The van der Waals surface area contributed by atoms with Crippen molar-refractivity contribution in [2.45, 2.75) is 6.10 Å². The van der Waals surface area contributed by atoms with E-state index in [4.69, 9.17) is 5.11 Å². The lowest BCUT2D eigenvalue weighted by molar-refractivity contribution is -0.147. The maximum atomic E-state index is 11.1. The number of hydrogen-bond donors (Lipinski definition) is 3. The van der Waals surface area contributed by atoms with Crippen molar-refractivity contribution in [3.05, 3.63) is 0 Å². The first-order chi connectivity index (χ1) is 7.32. The summed E-state index contributed by atoms with van der Waals surface area (Å²) in [6.45, 7) is -0.516. The number of carbonyl (C=O) groups is 2. The molecule has 0 heterocycles. The van der Waals surface area contributed by atoms with E-state index < -0.39 is 34.9 Å². The van der Waals surface area contributed by atoms with Crippen LogP contribution in [0.1, 0.15) is 0 Å². The van der Waals surface area contributed by atoms with Crippen LogP contribution < -0.4 is 9.44 Å². The van der Waals surface area contributed by atoms with Gasteiger partial charge in [-0.2, -0.15) is 13.1 Å². The van der Waals surface area contributed by atoms with Crippen molar-refractivity contribution >= 4 is 22.3 Å². The number of carboxylic acids is 1. The number of amides is 1. The monoisotopic (exact) mass is 256 g/mol. The number of nitrogens with one attached hydrogen (secondary N) is 2. The molecule has 0 aromatic rings. The second-order valence-electron chi connectivity index (χ2n) is 2.51. The summed E-state index contributed by atoms with van der Waals surface area (Å²) >= 11 is 0. The van der Waals surface area contributed by atoms with Crippen LogP contribution in [0.4, 0.5) is 4.79 Å². The number of carboxylic acid groups (broad SMARTS) is 1. The minimum absolute atomic E-state index is 0.516. The standard InChI is InChI=1S/C6H12N2O7S/c1-14-4(5(9)10)3-7-16(12,13)8-6(11)15-2/h4,7H,3H2,1-2H3,(H,8,11)(H,9,10). The lowest BCUT2D eigenvalue weighted by atomic mass is 10.4. The molecule has 3 N–H and O–H groups in total. The van der Waals surface area contributed by atoms with Crippen LogP contribution in [-0.2, 0) is 24.5 Å². The molecule has 0 aliphatic rings. The average molecular weight is 256 g/mol. The Morgan fingerprint density at radius 3 is 2.31 bits per heavy atom. The van der Waals surface area contributed by atoms with Crippen LogP contribution in [0, 0.1) is 0 Å². The van der Waals surface area contributed by atoms with E-state index in [0.29, 0.717) is 0 Å². The highest BCUT2D eigenvalue weighted by Gasteiger charge is 2.21. The maximum absolute atomic E-state index is 11.1. The molecule has 9 nitrogen and oxygen atoms in total. The fourth-order valence-corrected chi connectivity index (χ4v) is 1.39. The van der Waals surface area contributed by atoms with E-state index in [-0.39, 0.29) is 0 Å².